The fourth-order valence-electron chi connectivity index (χ4n) is 1.98. The zero-order valence-electron chi connectivity index (χ0n) is 12.0. The number of carbonyl (C=O) groups is 2. The normalized spacial score (nSPS) is 12.4. The number of benzene rings is 1. The Bertz CT molecular complexity index is 677. The average molecular weight is 307 g/mol. The highest BCUT2D eigenvalue weighted by molar-refractivity contribution is 7.20. The van der Waals surface area contributed by atoms with Gasteiger partial charge < -0.3 is 15.2 Å². The number of aliphatic carboxylic acids is 1. The Hall–Kier alpha value is -2.08. The van der Waals surface area contributed by atoms with Gasteiger partial charge in [0.25, 0.3) is 5.91 Å². The van der Waals surface area contributed by atoms with Gasteiger partial charge >= 0.3 is 5.97 Å². The zero-order chi connectivity index (χ0) is 15.6. The van der Waals surface area contributed by atoms with Crippen LogP contribution in [0.15, 0.2) is 24.3 Å². The van der Waals surface area contributed by atoms with Crippen LogP contribution in [0.2, 0.25) is 0 Å². The molecule has 5 nitrogen and oxygen atoms in total. The molecule has 0 bridgehead atoms. The summed E-state index contributed by atoms with van der Waals surface area (Å²) in [5.41, 5.74) is 0. The Labute approximate surface area is 126 Å². The van der Waals surface area contributed by atoms with Crippen molar-refractivity contribution < 1.29 is 19.4 Å². The maximum atomic E-state index is 12.2. The first kappa shape index (κ1) is 15.3. The number of ether oxygens (including phenoxy) is 1. The van der Waals surface area contributed by atoms with Crippen LogP contribution in [0, 0.1) is 5.92 Å². The van der Waals surface area contributed by atoms with Gasteiger partial charge in [0.15, 0.2) is 0 Å². The van der Waals surface area contributed by atoms with Gasteiger partial charge in [0, 0.05) is 4.70 Å². The lowest BCUT2D eigenvalue weighted by atomic mass is 10.0. The summed E-state index contributed by atoms with van der Waals surface area (Å²) >= 11 is 1.32. The van der Waals surface area contributed by atoms with E-state index in [9.17, 15) is 9.59 Å². The van der Waals surface area contributed by atoms with Gasteiger partial charge in [0.2, 0.25) is 0 Å². The summed E-state index contributed by atoms with van der Waals surface area (Å²) in [4.78, 5) is 23.8. The molecule has 1 amide bonds. The Kier molecular flexibility index (Phi) is 4.47. The lowest BCUT2D eigenvalue weighted by Crippen LogP contribution is -2.44. The Balaban J connectivity index is 2.25. The molecule has 2 aromatic rings. The van der Waals surface area contributed by atoms with Crippen LogP contribution in [0.4, 0.5) is 0 Å². The van der Waals surface area contributed by atoms with Crippen LogP contribution in [0.5, 0.6) is 5.75 Å². The molecule has 6 heteroatoms. The first-order chi connectivity index (χ1) is 9.92. The topological polar surface area (TPSA) is 75.6 Å². The smallest absolute Gasteiger partial charge is 0.326 e. The third-order valence-corrected chi connectivity index (χ3v) is 4.27. The minimum atomic E-state index is -1.03. The molecule has 0 aliphatic rings. The van der Waals surface area contributed by atoms with Gasteiger partial charge in [-0.05, 0) is 35.6 Å². The molecule has 112 valence electrons. The molecule has 1 heterocycles. The molecule has 1 aromatic carbocycles. The first-order valence-electron chi connectivity index (χ1n) is 6.53. The van der Waals surface area contributed by atoms with Crippen molar-refractivity contribution >= 4 is 33.3 Å². The van der Waals surface area contributed by atoms with Gasteiger partial charge in [-0.1, -0.05) is 13.8 Å². The number of amides is 1. The molecule has 0 aliphatic heterocycles. The number of fused-ring (bicyclic) bond motifs is 1. The Morgan fingerprint density at radius 1 is 1.29 bits per heavy atom. The molecule has 0 radical (unpaired) electrons. The third-order valence-electron chi connectivity index (χ3n) is 3.17. The van der Waals surface area contributed by atoms with Crippen LogP contribution in [0.25, 0.3) is 10.1 Å². The summed E-state index contributed by atoms with van der Waals surface area (Å²) in [6.45, 7) is 3.52. The van der Waals surface area contributed by atoms with Crippen LogP contribution >= 0.6 is 11.3 Å². The highest BCUT2D eigenvalue weighted by atomic mass is 32.1. The lowest BCUT2D eigenvalue weighted by molar-refractivity contribution is -0.140. The summed E-state index contributed by atoms with van der Waals surface area (Å²) in [6, 6.07) is 6.42. The summed E-state index contributed by atoms with van der Waals surface area (Å²) in [7, 11) is 1.59. The van der Waals surface area contributed by atoms with Gasteiger partial charge in [-0.25, -0.2) is 4.79 Å². The van der Waals surface area contributed by atoms with E-state index in [2.05, 4.69) is 5.32 Å². The number of hydrogen-bond acceptors (Lipinski definition) is 4. The van der Waals surface area contributed by atoms with Gasteiger partial charge in [0.05, 0.1) is 12.0 Å². The second kappa shape index (κ2) is 6.13. The number of nitrogens with one attached hydrogen (secondary N) is 1. The van der Waals surface area contributed by atoms with Crippen LogP contribution in [-0.2, 0) is 4.79 Å². The van der Waals surface area contributed by atoms with Crippen LogP contribution in [0.1, 0.15) is 23.5 Å². The Morgan fingerprint density at radius 3 is 2.57 bits per heavy atom. The minimum Gasteiger partial charge on any atom is -0.497 e. The maximum Gasteiger partial charge on any atom is 0.326 e. The molecule has 1 aromatic heterocycles. The van der Waals surface area contributed by atoms with Gasteiger partial charge in [-0.3, -0.25) is 4.79 Å². The summed E-state index contributed by atoms with van der Waals surface area (Å²) < 4.78 is 6.07. The van der Waals surface area contributed by atoms with Crippen molar-refractivity contribution in [3.8, 4) is 5.75 Å². The molecule has 0 saturated heterocycles. The molecule has 0 saturated carbocycles. The molecular formula is C15H17NO4S. The van der Waals surface area contributed by atoms with E-state index in [1.54, 1.807) is 27.0 Å². The van der Waals surface area contributed by atoms with E-state index in [0.29, 0.717) is 4.88 Å². The number of hydrogen-bond donors (Lipinski definition) is 2. The molecule has 0 fully saturated rings. The molecule has 2 N–H and O–H groups in total. The quantitative estimate of drug-likeness (QED) is 0.890. The van der Waals surface area contributed by atoms with Crippen LogP contribution in [0.3, 0.4) is 0 Å². The standard InChI is InChI=1S/C15H17NO4S/c1-8(2)13(15(18)19)16-14(17)12-6-9-4-5-10(20-3)7-11(9)21-12/h4-8,13H,1-3H3,(H,16,17)(H,18,19)/t13-/m1/s1. The second-order valence-electron chi connectivity index (χ2n) is 5.05. The van der Waals surface area contributed by atoms with E-state index in [4.69, 9.17) is 9.84 Å². The highest BCUT2D eigenvalue weighted by Crippen LogP contribution is 2.29. The van der Waals surface area contributed by atoms with E-state index in [-0.39, 0.29) is 11.8 Å². The van der Waals surface area contributed by atoms with E-state index in [1.807, 2.05) is 18.2 Å². The van der Waals surface area contributed by atoms with E-state index >= 15 is 0 Å². The maximum absolute atomic E-state index is 12.2. The highest BCUT2D eigenvalue weighted by Gasteiger charge is 2.24. The molecule has 0 aliphatic carbocycles. The largest absolute Gasteiger partial charge is 0.497 e. The molecule has 0 unspecified atom stereocenters. The van der Waals surface area contributed by atoms with Crippen molar-refractivity contribution in [2.75, 3.05) is 7.11 Å². The van der Waals surface area contributed by atoms with Gasteiger partial charge in [0.1, 0.15) is 11.8 Å². The molecule has 1 atom stereocenters. The molecule has 2 rings (SSSR count). The van der Waals surface area contributed by atoms with Crippen molar-refractivity contribution in [1.29, 1.82) is 0 Å². The fraction of sp³-hybridized carbons (Fsp3) is 0.333. The molecule has 21 heavy (non-hydrogen) atoms. The number of carbonyl (C=O) groups excluding carboxylic acids is 1. The Morgan fingerprint density at radius 2 is 2.00 bits per heavy atom. The van der Waals surface area contributed by atoms with Gasteiger partial charge in [-0.15, -0.1) is 11.3 Å². The van der Waals surface area contributed by atoms with Crippen molar-refractivity contribution in [2.24, 2.45) is 5.92 Å². The van der Waals surface area contributed by atoms with Gasteiger partial charge in [-0.2, -0.15) is 0 Å². The fourth-order valence-corrected chi connectivity index (χ4v) is 2.97. The first-order valence-corrected chi connectivity index (χ1v) is 7.35. The number of carboxylic acids is 1. The monoisotopic (exact) mass is 307 g/mol. The number of carboxylic acid groups (broad SMARTS) is 1. The van der Waals surface area contributed by atoms with Crippen molar-refractivity contribution in [2.45, 2.75) is 19.9 Å². The number of thiophene rings is 1. The molecular weight excluding hydrogens is 290 g/mol. The van der Waals surface area contributed by atoms with E-state index < -0.39 is 12.0 Å². The zero-order valence-corrected chi connectivity index (χ0v) is 12.9. The van der Waals surface area contributed by atoms with E-state index in [0.717, 1.165) is 15.8 Å². The van der Waals surface area contributed by atoms with E-state index in [1.165, 1.54) is 11.3 Å². The van der Waals surface area contributed by atoms with Crippen LogP contribution in [-0.4, -0.2) is 30.1 Å². The summed E-state index contributed by atoms with van der Waals surface area (Å²) in [5.74, 6) is -0.847. The van der Waals surface area contributed by atoms with Crippen LogP contribution < -0.4 is 10.1 Å². The number of rotatable bonds is 5. The average Bonchev–Trinajstić information content (AvgIpc) is 2.86. The lowest BCUT2D eigenvalue weighted by Gasteiger charge is -2.17. The third kappa shape index (κ3) is 3.33. The SMILES string of the molecule is COc1ccc2cc(C(=O)N[C@@H](C(=O)O)C(C)C)sc2c1. The van der Waals surface area contributed by atoms with Crippen molar-refractivity contribution in [1.82, 2.24) is 5.32 Å². The second-order valence-corrected chi connectivity index (χ2v) is 6.13. The predicted molar refractivity (Wildman–Crippen MR) is 82.1 cm³/mol. The van der Waals surface area contributed by atoms with Crippen molar-refractivity contribution in [3.05, 3.63) is 29.1 Å². The minimum absolute atomic E-state index is 0.180. The summed E-state index contributed by atoms with van der Waals surface area (Å²) in [6.07, 6.45) is 0. The molecule has 0 spiro atoms. The summed E-state index contributed by atoms with van der Waals surface area (Å²) in [5, 5.41) is 12.6. The number of methoxy groups -OCH3 is 1. The van der Waals surface area contributed by atoms with Crippen molar-refractivity contribution in [3.63, 3.8) is 0 Å². The predicted octanol–water partition coefficient (Wildman–Crippen LogP) is 2.75.